The van der Waals surface area contributed by atoms with E-state index in [2.05, 4.69) is 4.98 Å². The van der Waals surface area contributed by atoms with Crippen molar-refractivity contribution in [2.75, 3.05) is 12.3 Å². The molecular formula is C15H15Cl2N3O. The number of amides is 1. The Bertz CT molecular complexity index is 661. The molecule has 0 bridgehead atoms. The highest BCUT2D eigenvalue weighted by Gasteiger charge is 2.18. The topological polar surface area (TPSA) is 59.2 Å². The van der Waals surface area contributed by atoms with E-state index >= 15 is 0 Å². The molecule has 2 N–H and O–H groups in total. The summed E-state index contributed by atoms with van der Waals surface area (Å²) < 4.78 is 0. The van der Waals surface area contributed by atoms with Crippen molar-refractivity contribution < 1.29 is 4.79 Å². The third kappa shape index (κ3) is 3.65. The van der Waals surface area contributed by atoms with Gasteiger partial charge in [0.1, 0.15) is 5.15 Å². The number of carbonyl (C=O) groups excluding carboxylic acids is 1. The van der Waals surface area contributed by atoms with E-state index < -0.39 is 0 Å². The summed E-state index contributed by atoms with van der Waals surface area (Å²) in [5.41, 5.74) is 7.35. The van der Waals surface area contributed by atoms with Crippen molar-refractivity contribution in [3.8, 4) is 0 Å². The minimum Gasteiger partial charge on any atom is -0.397 e. The second kappa shape index (κ2) is 6.78. The van der Waals surface area contributed by atoms with Crippen molar-refractivity contribution in [2.45, 2.75) is 13.5 Å². The van der Waals surface area contributed by atoms with Crippen LogP contribution < -0.4 is 5.73 Å². The molecule has 1 heterocycles. The molecule has 110 valence electrons. The smallest absolute Gasteiger partial charge is 0.256 e. The van der Waals surface area contributed by atoms with Crippen molar-refractivity contribution in [3.05, 3.63) is 57.8 Å². The number of nitrogens with zero attached hydrogens (tertiary/aromatic N) is 2. The summed E-state index contributed by atoms with van der Waals surface area (Å²) in [4.78, 5) is 18.1. The summed E-state index contributed by atoms with van der Waals surface area (Å²) in [6, 6.07) is 8.91. The van der Waals surface area contributed by atoms with Gasteiger partial charge in [-0.05, 0) is 24.6 Å². The molecule has 6 heteroatoms. The molecule has 0 atom stereocenters. The van der Waals surface area contributed by atoms with Gasteiger partial charge in [0.05, 0.1) is 17.4 Å². The summed E-state index contributed by atoms with van der Waals surface area (Å²) >= 11 is 12.0. The highest BCUT2D eigenvalue weighted by Crippen LogP contribution is 2.21. The lowest BCUT2D eigenvalue weighted by Crippen LogP contribution is -2.31. The lowest BCUT2D eigenvalue weighted by molar-refractivity contribution is 0.0753. The lowest BCUT2D eigenvalue weighted by Gasteiger charge is -2.22. The van der Waals surface area contributed by atoms with E-state index in [0.29, 0.717) is 29.4 Å². The molecule has 1 amide bonds. The Morgan fingerprint density at radius 3 is 2.71 bits per heavy atom. The summed E-state index contributed by atoms with van der Waals surface area (Å²) in [6.07, 6.45) is 1.39. The first-order valence-corrected chi connectivity index (χ1v) is 7.22. The van der Waals surface area contributed by atoms with E-state index in [0.717, 1.165) is 5.56 Å². The highest BCUT2D eigenvalue weighted by atomic mass is 35.5. The maximum Gasteiger partial charge on any atom is 0.256 e. The van der Waals surface area contributed by atoms with E-state index in [4.69, 9.17) is 28.9 Å². The number of anilines is 1. The van der Waals surface area contributed by atoms with Gasteiger partial charge in [-0.15, -0.1) is 0 Å². The molecule has 0 aliphatic carbocycles. The van der Waals surface area contributed by atoms with Crippen LogP contribution in [0, 0.1) is 0 Å². The van der Waals surface area contributed by atoms with Crippen molar-refractivity contribution in [1.29, 1.82) is 0 Å². The maximum absolute atomic E-state index is 12.6. The van der Waals surface area contributed by atoms with Crippen LogP contribution in [0.15, 0.2) is 36.5 Å². The summed E-state index contributed by atoms with van der Waals surface area (Å²) in [5.74, 6) is -0.195. The highest BCUT2D eigenvalue weighted by molar-refractivity contribution is 6.31. The van der Waals surface area contributed by atoms with Crippen LogP contribution in [0.3, 0.4) is 0 Å². The molecular weight excluding hydrogens is 309 g/mol. The van der Waals surface area contributed by atoms with Gasteiger partial charge in [0.25, 0.3) is 5.91 Å². The Morgan fingerprint density at radius 1 is 1.33 bits per heavy atom. The number of hydrogen-bond donors (Lipinski definition) is 1. The fraction of sp³-hybridized carbons (Fsp3) is 0.200. The van der Waals surface area contributed by atoms with E-state index in [1.807, 2.05) is 25.1 Å². The lowest BCUT2D eigenvalue weighted by atomic mass is 10.1. The Labute approximate surface area is 133 Å². The first-order chi connectivity index (χ1) is 10.0. The van der Waals surface area contributed by atoms with Crippen molar-refractivity contribution in [2.24, 2.45) is 0 Å². The first kappa shape index (κ1) is 15.6. The average molecular weight is 324 g/mol. The van der Waals surface area contributed by atoms with Crippen molar-refractivity contribution >= 4 is 34.8 Å². The van der Waals surface area contributed by atoms with E-state index in [9.17, 15) is 4.79 Å². The van der Waals surface area contributed by atoms with Crippen LogP contribution in [-0.2, 0) is 6.54 Å². The second-order valence-electron chi connectivity index (χ2n) is 4.51. The van der Waals surface area contributed by atoms with Crippen molar-refractivity contribution in [1.82, 2.24) is 9.88 Å². The Hall–Kier alpha value is -1.78. The van der Waals surface area contributed by atoms with Crippen LogP contribution in [0.1, 0.15) is 22.8 Å². The predicted octanol–water partition coefficient (Wildman–Crippen LogP) is 3.63. The van der Waals surface area contributed by atoms with Crippen LogP contribution in [0.2, 0.25) is 10.2 Å². The predicted molar refractivity (Wildman–Crippen MR) is 85.5 cm³/mol. The molecule has 1 aromatic carbocycles. The molecule has 2 rings (SSSR count). The second-order valence-corrected chi connectivity index (χ2v) is 5.30. The molecule has 0 fully saturated rings. The molecule has 2 aromatic rings. The van der Waals surface area contributed by atoms with E-state index in [1.54, 1.807) is 11.0 Å². The molecule has 1 aromatic heterocycles. The summed E-state index contributed by atoms with van der Waals surface area (Å²) in [5, 5.41) is 0.867. The minimum atomic E-state index is -0.195. The van der Waals surface area contributed by atoms with E-state index in [-0.39, 0.29) is 11.1 Å². The number of rotatable bonds is 4. The van der Waals surface area contributed by atoms with Crippen LogP contribution in [0.25, 0.3) is 0 Å². The third-order valence-electron chi connectivity index (χ3n) is 3.12. The number of carbonyl (C=O) groups is 1. The summed E-state index contributed by atoms with van der Waals surface area (Å²) in [6.45, 7) is 2.84. The number of hydrogen-bond acceptors (Lipinski definition) is 3. The molecule has 0 aliphatic rings. The van der Waals surface area contributed by atoms with Gasteiger partial charge in [-0.25, -0.2) is 4.98 Å². The Morgan fingerprint density at radius 2 is 2.05 bits per heavy atom. The Balaban J connectivity index is 2.27. The number of benzene rings is 1. The van der Waals surface area contributed by atoms with Gasteiger partial charge in [-0.3, -0.25) is 4.79 Å². The largest absolute Gasteiger partial charge is 0.397 e. The molecule has 0 unspecified atom stereocenters. The summed E-state index contributed by atoms with van der Waals surface area (Å²) in [7, 11) is 0. The third-order valence-corrected chi connectivity index (χ3v) is 3.70. The zero-order chi connectivity index (χ0) is 15.4. The van der Waals surface area contributed by atoms with Gasteiger partial charge in [0.2, 0.25) is 0 Å². The van der Waals surface area contributed by atoms with Gasteiger partial charge < -0.3 is 10.6 Å². The van der Waals surface area contributed by atoms with Gasteiger partial charge in [-0.1, -0.05) is 41.4 Å². The van der Waals surface area contributed by atoms with Crippen molar-refractivity contribution in [3.63, 3.8) is 0 Å². The average Bonchev–Trinajstić information content (AvgIpc) is 2.48. The fourth-order valence-electron chi connectivity index (χ4n) is 1.96. The number of aromatic nitrogens is 1. The normalized spacial score (nSPS) is 10.4. The Kier molecular flexibility index (Phi) is 5.04. The van der Waals surface area contributed by atoms with Gasteiger partial charge in [0, 0.05) is 18.1 Å². The monoisotopic (exact) mass is 323 g/mol. The molecule has 0 aliphatic heterocycles. The zero-order valence-corrected chi connectivity index (χ0v) is 13.0. The minimum absolute atomic E-state index is 0.195. The number of halogens is 2. The van der Waals surface area contributed by atoms with Crippen LogP contribution in [-0.4, -0.2) is 22.3 Å². The number of nitrogens with two attached hydrogens (primary N) is 1. The molecule has 0 saturated carbocycles. The van der Waals surface area contributed by atoms with E-state index in [1.165, 1.54) is 12.3 Å². The van der Waals surface area contributed by atoms with Crippen LogP contribution >= 0.6 is 23.2 Å². The van der Waals surface area contributed by atoms with Gasteiger partial charge >= 0.3 is 0 Å². The SMILES string of the molecule is CCN(Cc1ccccc1Cl)C(=O)c1cc(Cl)ncc1N. The molecule has 4 nitrogen and oxygen atoms in total. The standard InChI is InChI=1S/C15H15Cl2N3O/c1-2-20(9-10-5-3-4-6-12(10)16)15(21)11-7-14(17)19-8-13(11)18/h3-8H,2,9,18H2,1H3. The molecule has 21 heavy (non-hydrogen) atoms. The molecule has 0 spiro atoms. The van der Waals surface area contributed by atoms with Gasteiger partial charge in [0.15, 0.2) is 0 Å². The van der Waals surface area contributed by atoms with Crippen LogP contribution in [0.5, 0.6) is 0 Å². The van der Waals surface area contributed by atoms with Crippen LogP contribution in [0.4, 0.5) is 5.69 Å². The molecule has 0 saturated heterocycles. The zero-order valence-electron chi connectivity index (χ0n) is 11.5. The fourth-order valence-corrected chi connectivity index (χ4v) is 2.31. The first-order valence-electron chi connectivity index (χ1n) is 6.46. The maximum atomic E-state index is 12.6. The molecule has 0 radical (unpaired) electrons. The quantitative estimate of drug-likeness (QED) is 0.874. The number of pyridine rings is 1. The number of nitrogen functional groups attached to an aromatic ring is 1. The van der Waals surface area contributed by atoms with Gasteiger partial charge in [-0.2, -0.15) is 0 Å².